The highest BCUT2D eigenvalue weighted by atomic mass is 16.4. The topological polar surface area (TPSA) is 66.4 Å². The fourth-order valence-corrected chi connectivity index (χ4v) is 2.13. The average Bonchev–Trinajstić information content (AvgIpc) is 2.43. The first-order valence-corrected chi connectivity index (χ1v) is 6.61. The van der Waals surface area contributed by atoms with Gasteiger partial charge in [0, 0.05) is 11.3 Å². The molecule has 2 aromatic rings. The van der Waals surface area contributed by atoms with Gasteiger partial charge in [0.1, 0.15) is 0 Å². The maximum Gasteiger partial charge on any atom is 0.336 e. The zero-order valence-corrected chi connectivity index (χ0v) is 12.2. The van der Waals surface area contributed by atoms with Crippen LogP contribution in [0, 0.1) is 20.8 Å². The van der Waals surface area contributed by atoms with Crippen LogP contribution in [0.5, 0.6) is 0 Å². The summed E-state index contributed by atoms with van der Waals surface area (Å²) in [6.45, 7) is 5.56. The van der Waals surface area contributed by atoms with E-state index in [1.165, 1.54) is 6.07 Å². The summed E-state index contributed by atoms with van der Waals surface area (Å²) >= 11 is 0. The van der Waals surface area contributed by atoms with Crippen molar-refractivity contribution in [2.75, 3.05) is 5.32 Å². The van der Waals surface area contributed by atoms with Crippen molar-refractivity contribution in [1.82, 2.24) is 0 Å². The van der Waals surface area contributed by atoms with E-state index in [2.05, 4.69) is 5.32 Å². The summed E-state index contributed by atoms with van der Waals surface area (Å²) in [6, 6.07) is 10.4. The highest BCUT2D eigenvalue weighted by Crippen LogP contribution is 2.18. The molecule has 2 N–H and O–H groups in total. The van der Waals surface area contributed by atoms with Gasteiger partial charge in [-0.3, -0.25) is 4.79 Å². The number of carbonyl (C=O) groups is 2. The molecule has 0 aromatic heterocycles. The summed E-state index contributed by atoms with van der Waals surface area (Å²) < 4.78 is 0. The van der Waals surface area contributed by atoms with Gasteiger partial charge in [0.25, 0.3) is 5.91 Å². The number of carboxylic acids is 1. The second-order valence-electron chi connectivity index (χ2n) is 5.04. The maximum absolute atomic E-state index is 12.3. The molecule has 1 amide bonds. The molecule has 21 heavy (non-hydrogen) atoms. The number of hydrogen-bond donors (Lipinski definition) is 2. The van der Waals surface area contributed by atoms with Gasteiger partial charge in [-0.15, -0.1) is 0 Å². The molecule has 4 heteroatoms. The SMILES string of the molecule is Cc1ccc(NC(=O)c2cccc(C)c2C)cc1C(=O)O. The van der Waals surface area contributed by atoms with E-state index in [-0.39, 0.29) is 11.5 Å². The fourth-order valence-electron chi connectivity index (χ4n) is 2.13. The van der Waals surface area contributed by atoms with Crippen molar-refractivity contribution in [3.05, 3.63) is 64.2 Å². The molecule has 0 spiro atoms. The van der Waals surface area contributed by atoms with Crippen LogP contribution in [0.4, 0.5) is 5.69 Å². The standard InChI is InChI=1S/C17H17NO3/c1-10-5-4-6-14(12(10)3)16(19)18-13-8-7-11(2)15(9-13)17(20)21/h4-9H,1-3H3,(H,18,19)(H,20,21). The first-order valence-electron chi connectivity index (χ1n) is 6.61. The van der Waals surface area contributed by atoms with Gasteiger partial charge >= 0.3 is 5.97 Å². The first-order chi connectivity index (χ1) is 9.90. The quantitative estimate of drug-likeness (QED) is 0.905. The molecule has 108 valence electrons. The predicted octanol–water partition coefficient (Wildman–Crippen LogP) is 3.56. The van der Waals surface area contributed by atoms with Crippen molar-refractivity contribution in [1.29, 1.82) is 0 Å². The number of anilines is 1. The number of hydrogen-bond acceptors (Lipinski definition) is 2. The van der Waals surface area contributed by atoms with Gasteiger partial charge in [-0.05, 0) is 55.7 Å². The Balaban J connectivity index is 2.30. The van der Waals surface area contributed by atoms with Crippen molar-refractivity contribution < 1.29 is 14.7 Å². The number of amides is 1. The Morgan fingerprint density at radius 3 is 2.33 bits per heavy atom. The van der Waals surface area contributed by atoms with Crippen molar-refractivity contribution in [2.45, 2.75) is 20.8 Å². The second-order valence-corrected chi connectivity index (χ2v) is 5.04. The first kappa shape index (κ1) is 14.8. The number of aromatic carboxylic acids is 1. The molecule has 0 unspecified atom stereocenters. The van der Waals surface area contributed by atoms with Crippen LogP contribution in [0.25, 0.3) is 0 Å². The Morgan fingerprint density at radius 2 is 1.67 bits per heavy atom. The van der Waals surface area contributed by atoms with E-state index in [1.54, 1.807) is 25.1 Å². The van der Waals surface area contributed by atoms with Gasteiger partial charge in [-0.1, -0.05) is 18.2 Å². The van der Waals surface area contributed by atoms with Crippen LogP contribution >= 0.6 is 0 Å². The average molecular weight is 283 g/mol. The molecule has 0 fully saturated rings. The summed E-state index contributed by atoms with van der Waals surface area (Å²) in [4.78, 5) is 23.4. The number of aryl methyl sites for hydroxylation is 2. The van der Waals surface area contributed by atoms with Crippen molar-refractivity contribution in [3.8, 4) is 0 Å². The smallest absolute Gasteiger partial charge is 0.336 e. The maximum atomic E-state index is 12.3. The van der Waals surface area contributed by atoms with Gasteiger partial charge in [0.15, 0.2) is 0 Å². The van der Waals surface area contributed by atoms with Crippen LogP contribution in [0.1, 0.15) is 37.4 Å². The summed E-state index contributed by atoms with van der Waals surface area (Å²) in [7, 11) is 0. The van der Waals surface area contributed by atoms with Crippen molar-refractivity contribution in [3.63, 3.8) is 0 Å². The van der Waals surface area contributed by atoms with E-state index in [0.717, 1.165) is 11.1 Å². The van der Waals surface area contributed by atoms with E-state index in [9.17, 15) is 9.59 Å². The monoisotopic (exact) mass is 283 g/mol. The molecule has 4 nitrogen and oxygen atoms in total. The molecule has 0 saturated heterocycles. The predicted molar refractivity (Wildman–Crippen MR) is 82.0 cm³/mol. The minimum atomic E-state index is -1.00. The molecule has 2 aromatic carbocycles. The van der Waals surface area contributed by atoms with Gasteiger partial charge in [0.2, 0.25) is 0 Å². The van der Waals surface area contributed by atoms with Crippen molar-refractivity contribution in [2.24, 2.45) is 0 Å². The number of carbonyl (C=O) groups excluding carboxylic acids is 1. The summed E-state index contributed by atoms with van der Waals surface area (Å²) in [5.41, 5.74) is 3.87. The number of rotatable bonds is 3. The molecular weight excluding hydrogens is 266 g/mol. The lowest BCUT2D eigenvalue weighted by atomic mass is 10.0. The molecule has 0 atom stereocenters. The lowest BCUT2D eigenvalue weighted by Crippen LogP contribution is -2.14. The van der Waals surface area contributed by atoms with Crippen LogP contribution in [0.3, 0.4) is 0 Å². The molecular formula is C17H17NO3. The number of benzene rings is 2. The lowest BCUT2D eigenvalue weighted by molar-refractivity contribution is 0.0695. The van der Waals surface area contributed by atoms with E-state index in [0.29, 0.717) is 16.8 Å². The molecule has 0 heterocycles. The third-order valence-corrected chi connectivity index (χ3v) is 3.58. The Labute approximate surface area is 123 Å². The largest absolute Gasteiger partial charge is 0.478 e. The van der Waals surface area contributed by atoms with Gasteiger partial charge in [-0.2, -0.15) is 0 Å². The molecule has 2 rings (SSSR count). The lowest BCUT2D eigenvalue weighted by Gasteiger charge is -2.10. The Hall–Kier alpha value is -2.62. The summed E-state index contributed by atoms with van der Waals surface area (Å²) in [6.07, 6.45) is 0. The minimum Gasteiger partial charge on any atom is -0.478 e. The fraction of sp³-hybridized carbons (Fsp3) is 0.176. The van der Waals surface area contributed by atoms with Gasteiger partial charge in [0.05, 0.1) is 5.56 Å². The Bertz CT molecular complexity index is 720. The van der Waals surface area contributed by atoms with Gasteiger partial charge < -0.3 is 10.4 Å². The van der Waals surface area contributed by atoms with Crippen LogP contribution < -0.4 is 5.32 Å². The third kappa shape index (κ3) is 3.11. The molecule has 0 aliphatic heterocycles. The van der Waals surface area contributed by atoms with Crippen LogP contribution in [0.15, 0.2) is 36.4 Å². The second kappa shape index (κ2) is 5.79. The Morgan fingerprint density at radius 1 is 0.952 bits per heavy atom. The van der Waals surface area contributed by atoms with E-state index >= 15 is 0 Å². The molecule has 0 bridgehead atoms. The molecule has 0 saturated carbocycles. The van der Waals surface area contributed by atoms with Crippen LogP contribution in [-0.2, 0) is 0 Å². The van der Waals surface area contributed by atoms with Crippen molar-refractivity contribution >= 4 is 17.6 Å². The normalized spacial score (nSPS) is 10.2. The van der Waals surface area contributed by atoms with Gasteiger partial charge in [-0.25, -0.2) is 4.79 Å². The summed E-state index contributed by atoms with van der Waals surface area (Å²) in [5.74, 6) is -1.24. The van der Waals surface area contributed by atoms with Crippen LogP contribution in [0.2, 0.25) is 0 Å². The zero-order valence-electron chi connectivity index (χ0n) is 12.2. The zero-order chi connectivity index (χ0) is 15.6. The van der Waals surface area contributed by atoms with E-state index in [4.69, 9.17) is 5.11 Å². The number of nitrogens with one attached hydrogen (secondary N) is 1. The number of carboxylic acid groups (broad SMARTS) is 1. The van der Waals surface area contributed by atoms with E-state index < -0.39 is 5.97 Å². The third-order valence-electron chi connectivity index (χ3n) is 3.58. The van der Waals surface area contributed by atoms with Crippen LogP contribution in [-0.4, -0.2) is 17.0 Å². The molecule has 0 aliphatic rings. The minimum absolute atomic E-state index is 0.189. The Kier molecular flexibility index (Phi) is 4.08. The molecule has 0 aliphatic carbocycles. The highest BCUT2D eigenvalue weighted by Gasteiger charge is 2.12. The highest BCUT2D eigenvalue weighted by molar-refractivity contribution is 6.06. The molecule has 0 radical (unpaired) electrons. The summed E-state index contributed by atoms with van der Waals surface area (Å²) in [5, 5.41) is 11.9. The van der Waals surface area contributed by atoms with E-state index in [1.807, 2.05) is 26.0 Å².